The fraction of sp³-hybridized carbons (Fsp3) is 0.333. The molecular formula is C9H6F7NO3S. The van der Waals surface area contributed by atoms with Gasteiger partial charge in [-0.3, -0.25) is 4.72 Å². The van der Waals surface area contributed by atoms with Gasteiger partial charge >= 0.3 is 28.1 Å². The van der Waals surface area contributed by atoms with E-state index in [2.05, 4.69) is 4.74 Å². The highest BCUT2D eigenvalue weighted by molar-refractivity contribution is 7.93. The Hall–Kier alpha value is -1.72. The van der Waals surface area contributed by atoms with Crippen molar-refractivity contribution in [3.63, 3.8) is 0 Å². The fourth-order valence-corrected chi connectivity index (χ4v) is 1.57. The molecule has 1 aromatic carbocycles. The molecule has 0 aliphatic carbocycles. The normalized spacial score (nSPS) is 13.3. The second-order valence-corrected chi connectivity index (χ2v) is 5.21. The van der Waals surface area contributed by atoms with Crippen LogP contribution in [0.5, 0.6) is 5.75 Å². The van der Waals surface area contributed by atoms with E-state index in [9.17, 15) is 39.2 Å². The Morgan fingerprint density at radius 2 is 1.48 bits per heavy atom. The molecule has 0 bridgehead atoms. The maximum Gasteiger partial charge on any atom is 0.516 e. The molecule has 0 saturated carbocycles. The SMILES string of the molecule is O=S(=O)(Nc1ccc(OC(F)(F)C(F)F)cc1)C(F)(F)F. The molecule has 1 aromatic rings. The van der Waals surface area contributed by atoms with Crippen molar-refractivity contribution in [3.05, 3.63) is 24.3 Å². The number of nitrogens with one attached hydrogen (secondary N) is 1. The molecule has 0 unspecified atom stereocenters. The summed E-state index contributed by atoms with van der Waals surface area (Å²) in [6.07, 6.45) is -8.90. The lowest BCUT2D eigenvalue weighted by Gasteiger charge is -2.17. The average molecular weight is 341 g/mol. The van der Waals surface area contributed by atoms with E-state index >= 15 is 0 Å². The summed E-state index contributed by atoms with van der Waals surface area (Å²) in [6, 6.07) is 2.48. The zero-order valence-corrected chi connectivity index (χ0v) is 10.5. The van der Waals surface area contributed by atoms with Crippen molar-refractivity contribution in [1.82, 2.24) is 0 Å². The molecule has 0 atom stereocenters. The number of alkyl halides is 7. The van der Waals surface area contributed by atoms with Gasteiger partial charge in [0, 0.05) is 5.69 Å². The van der Waals surface area contributed by atoms with Crippen LogP contribution in [-0.4, -0.2) is 26.5 Å². The van der Waals surface area contributed by atoms with Crippen LogP contribution >= 0.6 is 0 Å². The first-order valence-electron chi connectivity index (χ1n) is 4.89. The molecular weight excluding hydrogens is 335 g/mol. The highest BCUT2D eigenvalue weighted by Crippen LogP contribution is 2.29. The predicted octanol–water partition coefficient (Wildman–Crippen LogP) is 3.18. The molecule has 0 aliphatic rings. The first-order chi connectivity index (χ1) is 9.35. The van der Waals surface area contributed by atoms with Crippen LogP contribution in [-0.2, 0) is 10.0 Å². The maximum absolute atomic E-state index is 12.5. The minimum Gasteiger partial charge on any atom is -0.428 e. The van der Waals surface area contributed by atoms with Crippen LogP contribution in [0.2, 0.25) is 0 Å². The van der Waals surface area contributed by atoms with Gasteiger partial charge in [-0.25, -0.2) is 0 Å². The van der Waals surface area contributed by atoms with E-state index < -0.39 is 39.5 Å². The predicted molar refractivity (Wildman–Crippen MR) is 56.6 cm³/mol. The van der Waals surface area contributed by atoms with Crippen LogP contribution in [0.25, 0.3) is 0 Å². The highest BCUT2D eigenvalue weighted by Gasteiger charge is 2.46. The van der Waals surface area contributed by atoms with Gasteiger partial charge in [-0.05, 0) is 24.3 Å². The van der Waals surface area contributed by atoms with Crippen molar-refractivity contribution in [3.8, 4) is 5.75 Å². The van der Waals surface area contributed by atoms with Gasteiger partial charge in [0.2, 0.25) is 0 Å². The number of anilines is 1. The van der Waals surface area contributed by atoms with Crippen molar-refractivity contribution in [1.29, 1.82) is 0 Å². The molecule has 0 amide bonds. The van der Waals surface area contributed by atoms with Gasteiger partial charge in [0.15, 0.2) is 0 Å². The third-order valence-corrected chi connectivity index (χ3v) is 3.03. The quantitative estimate of drug-likeness (QED) is 0.837. The molecule has 0 aromatic heterocycles. The minimum atomic E-state index is -5.67. The summed E-state index contributed by atoms with van der Waals surface area (Å²) in [7, 11) is -5.67. The number of benzene rings is 1. The molecule has 0 spiro atoms. The Kier molecular flexibility index (Phi) is 4.60. The molecule has 120 valence electrons. The van der Waals surface area contributed by atoms with E-state index in [4.69, 9.17) is 0 Å². The average Bonchev–Trinajstić information content (AvgIpc) is 2.29. The van der Waals surface area contributed by atoms with E-state index in [1.807, 2.05) is 0 Å². The Bertz CT molecular complexity index is 582. The molecule has 1 N–H and O–H groups in total. The van der Waals surface area contributed by atoms with Gasteiger partial charge in [0.05, 0.1) is 0 Å². The fourth-order valence-electron chi connectivity index (χ4n) is 1.01. The van der Waals surface area contributed by atoms with E-state index in [0.29, 0.717) is 24.3 Å². The van der Waals surface area contributed by atoms with E-state index in [0.717, 1.165) is 4.72 Å². The standard InChI is InChI=1S/C9H6F7NO3S/c10-7(11)8(12,13)20-6-3-1-5(2-4-6)17-21(18,19)9(14,15)16/h1-4,7,17H. The number of hydrogen-bond donors (Lipinski definition) is 1. The van der Waals surface area contributed by atoms with Crippen LogP contribution < -0.4 is 9.46 Å². The van der Waals surface area contributed by atoms with Gasteiger partial charge < -0.3 is 4.74 Å². The van der Waals surface area contributed by atoms with Crippen molar-refractivity contribution < 1.29 is 43.9 Å². The van der Waals surface area contributed by atoms with Crippen LogP contribution in [0.1, 0.15) is 0 Å². The summed E-state index contributed by atoms with van der Waals surface area (Å²) in [5, 5.41) is 0. The van der Waals surface area contributed by atoms with Crippen LogP contribution in [0.3, 0.4) is 0 Å². The summed E-state index contributed by atoms with van der Waals surface area (Å²) >= 11 is 0. The molecule has 0 radical (unpaired) electrons. The van der Waals surface area contributed by atoms with Crippen LogP contribution in [0, 0.1) is 0 Å². The first kappa shape index (κ1) is 17.3. The zero-order valence-electron chi connectivity index (χ0n) is 9.67. The van der Waals surface area contributed by atoms with E-state index in [1.165, 1.54) is 0 Å². The molecule has 4 nitrogen and oxygen atoms in total. The molecule has 0 heterocycles. The van der Waals surface area contributed by atoms with Gasteiger partial charge in [-0.1, -0.05) is 0 Å². The summed E-state index contributed by atoms with van der Waals surface area (Å²) in [5.74, 6) is -0.782. The number of rotatable bonds is 5. The number of hydrogen-bond acceptors (Lipinski definition) is 3. The Balaban J connectivity index is 2.85. The molecule has 21 heavy (non-hydrogen) atoms. The second-order valence-electron chi connectivity index (χ2n) is 3.54. The summed E-state index contributed by atoms with van der Waals surface area (Å²) in [4.78, 5) is 0. The van der Waals surface area contributed by atoms with Crippen LogP contribution in [0.15, 0.2) is 24.3 Å². The minimum absolute atomic E-state index is 0.602. The molecule has 0 saturated heterocycles. The van der Waals surface area contributed by atoms with E-state index in [-0.39, 0.29) is 0 Å². The lowest BCUT2D eigenvalue weighted by atomic mass is 10.3. The lowest BCUT2D eigenvalue weighted by Crippen LogP contribution is -2.33. The topological polar surface area (TPSA) is 55.4 Å². The van der Waals surface area contributed by atoms with Crippen molar-refractivity contribution in [2.45, 2.75) is 18.0 Å². The summed E-state index contributed by atoms with van der Waals surface area (Å²) in [6.45, 7) is 0. The molecule has 12 heteroatoms. The smallest absolute Gasteiger partial charge is 0.428 e. The summed E-state index contributed by atoms with van der Waals surface area (Å²) < 4.78 is 111. The zero-order chi connectivity index (χ0) is 16.5. The maximum atomic E-state index is 12.5. The van der Waals surface area contributed by atoms with Gasteiger partial charge in [0.25, 0.3) is 0 Å². The number of halogens is 7. The van der Waals surface area contributed by atoms with Crippen molar-refractivity contribution in [2.75, 3.05) is 4.72 Å². The molecule has 0 aliphatic heterocycles. The van der Waals surface area contributed by atoms with Crippen LogP contribution in [0.4, 0.5) is 36.4 Å². The molecule has 1 rings (SSSR count). The first-order valence-corrected chi connectivity index (χ1v) is 6.37. The van der Waals surface area contributed by atoms with Gasteiger partial charge in [-0.2, -0.15) is 39.2 Å². The third-order valence-electron chi connectivity index (χ3n) is 1.92. The second kappa shape index (κ2) is 5.58. The number of sulfonamides is 1. The lowest BCUT2D eigenvalue weighted by molar-refractivity contribution is -0.253. The number of ether oxygens (including phenoxy) is 1. The monoisotopic (exact) mass is 341 g/mol. The highest BCUT2D eigenvalue weighted by atomic mass is 32.2. The third kappa shape index (κ3) is 4.37. The van der Waals surface area contributed by atoms with E-state index in [1.54, 1.807) is 0 Å². The molecule has 0 fully saturated rings. The Morgan fingerprint density at radius 1 is 1.00 bits per heavy atom. The van der Waals surface area contributed by atoms with Gasteiger partial charge in [0.1, 0.15) is 5.75 Å². The van der Waals surface area contributed by atoms with Gasteiger partial charge in [-0.15, -0.1) is 0 Å². The Morgan fingerprint density at radius 3 is 1.86 bits per heavy atom. The Labute approximate surface area is 113 Å². The largest absolute Gasteiger partial charge is 0.516 e. The van der Waals surface area contributed by atoms with Crippen molar-refractivity contribution in [2.24, 2.45) is 0 Å². The summed E-state index contributed by atoms with van der Waals surface area (Å²) in [5.41, 5.74) is -6.18. The van der Waals surface area contributed by atoms with Crippen molar-refractivity contribution >= 4 is 15.7 Å².